The van der Waals surface area contributed by atoms with Crippen LogP contribution in [-0.4, -0.2) is 35.7 Å². The zero-order valence-electron chi connectivity index (χ0n) is 12.6. The predicted octanol–water partition coefficient (Wildman–Crippen LogP) is 3.65. The highest BCUT2D eigenvalue weighted by molar-refractivity contribution is 8.18. The van der Waals surface area contributed by atoms with Gasteiger partial charge in [-0.05, 0) is 48.4 Å². The van der Waals surface area contributed by atoms with E-state index in [4.69, 9.17) is 0 Å². The topological polar surface area (TPSA) is 40.6 Å². The molecule has 0 unspecified atom stereocenters. The summed E-state index contributed by atoms with van der Waals surface area (Å²) in [5.74, 6) is -0.658. The van der Waals surface area contributed by atoms with Crippen LogP contribution in [-0.2, 0) is 4.79 Å². The number of thioether (sulfide) groups is 1. The molecule has 2 aliphatic rings. The Morgan fingerprint density at radius 1 is 1.26 bits per heavy atom. The molecule has 0 saturated carbocycles. The number of hydrogen-bond donors (Lipinski definition) is 0. The van der Waals surface area contributed by atoms with E-state index in [0.717, 1.165) is 42.6 Å². The molecule has 2 saturated heterocycles. The fraction of sp³-hybridized carbons (Fsp3) is 0.294. The van der Waals surface area contributed by atoms with Crippen molar-refractivity contribution in [1.29, 1.82) is 0 Å². The lowest BCUT2D eigenvalue weighted by Gasteiger charge is -2.18. The number of imide groups is 1. The van der Waals surface area contributed by atoms with E-state index in [2.05, 4.69) is 6.58 Å². The van der Waals surface area contributed by atoms with Crippen molar-refractivity contribution in [3.05, 3.63) is 47.1 Å². The van der Waals surface area contributed by atoms with Gasteiger partial charge in [0.05, 0.1) is 10.6 Å². The van der Waals surface area contributed by atoms with Gasteiger partial charge in [0, 0.05) is 19.6 Å². The van der Waals surface area contributed by atoms with Crippen LogP contribution in [0.2, 0.25) is 0 Å². The number of amides is 2. The molecule has 0 aliphatic carbocycles. The Labute approximate surface area is 138 Å². The number of carbonyl (C=O) groups is 2. The van der Waals surface area contributed by atoms with E-state index >= 15 is 0 Å². The number of nitrogens with zero attached hydrogens (tertiary/aromatic N) is 2. The van der Waals surface area contributed by atoms with Gasteiger partial charge in [-0.3, -0.25) is 14.5 Å². The van der Waals surface area contributed by atoms with Crippen molar-refractivity contribution in [1.82, 2.24) is 4.90 Å². The number of hydrogen-bond acceptors (Lipinski definition) is 4. The molecule has 3 rings (SSSR count). The summed E-state index contributed by atoms with van der Waals surface area (Å²) in [6, 6.07) is 4.92. The maximum atomic E-state index is 14.3. The highest BCUT2D eigenvalue weighted by atomic mass is 32.2. The molecule has 0 N–H and O–H groups in total. The van der Waals surface area contributed by atoms with E-state index in [1.807, 2.05) is 4.90 Å². The van der Waals surface area contributed by atoms with E-state index in [0.29, 0.717) is 16.2 Å². The monoisotopic (exact) mass is 332 g/mol. The first kappa shape index (κ1) is 15.8. The van der Waals surface area contributed by atoms with Gasteiger partial charge in [0.2, 0.25) is 0 Å². The first-order valence-corrected chi connectivity index (χ1v) is 8.32. The molecular weight excluding hydrogens is 315 g/mol. The zero-order valence-corrected chi connectivity index (χ0v) is 13.4. The fourth-order valence-electron chi connectivity index (χ4n) is 2.77. The van der Waals surface area contributed by atoms with Crippen LogP contribution in [0.25, 0.3) is 6.08 Å². The molecule has 120 valence electrons. The van der Waals surface area contributed by atoms with Gasteiger partial charge < -0.3 is 4.90 Å². The highest BCUT2D eigenvalue weighted by Crippen LogP contribution is 2.33. The lowest BCUT2D eigenvalue weighted by atomic mass is 10.1. The van der Waals surface area contributed by atoms with Crippen LogP contribution in [0.1, 0.15) is 18.4 Å². The molecule has 2 aliphatic heterocycles. The average Bonchev–Trinajstić information content (AvgIpc) is 3.13. The minimum absolute atomic E-state index is 0.185. The fourth-order valence-corrected chi connectivity index (χ4v) is 3.61. The summed E-state index contributed by atoms with van der Waals surface area (Å²) in [5, 5.41) is -0.324. The summed E-state index contributed by atoms with van der Waals surface area (Å²) < 4.78 is 14.3. The van der Waals surface area contributed by atoms with Crippen LogP contribution in [0.3, 0.4) is 0 Å². The average molecular weight is 332 g/mol. The Kier molecular flexibility index (Phi) is 4.52. The predicted molar refractivity (Wildman–Crippen MR) is 90.7 cm³/mol. The Hall–Kier alpha value is -2.08. The standard InChI is InChI=1S/C17H17FN2O2S/c1-2-7-20-16(21)15(23-17(20)22)11-12-5-6-14(13(18)10-12)19-8-3-4-9-19/h2,5-6,10-11H,1,3-4,7-9H2/b15-11+. The highest BCUT2D eigenvalue weighted by Gasteiger charge is 2.34. The van der Waals surface area contributed by atoms with Crippen molar-refractivity contribution in [2.24, 2.45) is 0 Å². The molecule has 2 amide bonds. The maximum absolute atomic E-state index is 14.3. The van der Waals surface area contributed by atoms with Gasteiger partial charge >= 0.3 is 0 Å². The normalized spacial score (nSPS) is 20.0. The Bertz CT molecular complexity index is 696. The van der Waals surface area contributed by atoms with Crippen molar-refractivity contribution in [2.75, 3.05) is 24.5 Å². The minimum atomic E-state index is -0.357. The summed E-state index contributed by atoms with van der Waals surface area (Å²) >= 11 is 0.870. The van der Waals surface area contributed by atoms with Gasteiger partial charge in [0.1, 0.15) is 5.82 Å². The lowest BCUT2D eigenvalue weighted by Crippen LogP contribution is -2.27. The van der Waals surface area contributed by atoms with Gasteiger partial charge in [0.25, 0.3) is 11.1 Å². The number of halogens is 1. The zero-order chi connectivity index (χ0) is 16.4. The van der Waals surface area contributed by atoms with Crippen molar-refractivity contribution in [3.63, 3.8) is 0 Å². The van der Waals surface area contributed by atoms with E-state index in [-0.39, 0.29) is 23.5 Å². The Balaban J connectivity index is 1.82. The van der Waals surface area contributed by atoms with Crippen LogP contribution >= 0.6 is 11.8 Å². The van der Waals surface area contributed by atoms with Crippen LogP contribution < -0.4 is 4.90 Å². The molecular formula is C17H17FN2O2S. The summed E-state index contributed by atoms with van der Waals surface area (Å²) in [4.78, 5) is 27.4. The van der Waals surface area contributed by atoms with Crippen molar-refractivity contribution >= 4 is 34.7 Å². The van der Waals surface area contributed by atoms with Gasteiger partial charge in [-0.1, -0.05) is 12.1 Å². The maximum Gasteiger partial charge on any atom is 0.293 e. The van der Waals surface area contributed by atoms with Crippen LogP contribution in [0.4, 0.5) is 14.9 Å². The van der Waals surface area contributed by atoms with Gasteiger partial charge in [0.15, 0.2) is 0 Å². The van der Waals surface area contributed by atoms with Gasteiger partial charge in [-0.2, -0.15) is 0 Å². The molecule has 0 spiro atoms. The molecule has 1 aromatic rings. The van der Waals surface area contributed by atoms with Crippen LogP contribution in [0.15, 0.2) is 35.8 Å². The van der Waals surface area contributed by atoms with Crippen molar-refractivity contribution < 1.29 is 14.0 Å². The molecule has 2 fully saturated rings. The smallest absolute Gasteiger partial charge is 0.293 e. The third-order valence-electron chi connectivity index (χ3n) is 3.90. The van der Waals surface area contributed by atoms with Crippen LogP contribution in [0, 0.1) is 5.82 Å². The third-order valence-corrected chi connectivity index (χ3v) is 4.81. The van der Waals surface area contributed by atoms with Crippen LogP contribution in [0.5, 0.6) is 0 Å². The number of rotatable bonds is 4. The quantitative estimate of drug-likeness (QED) is 0.623. The summed E-state index contributed by atoms with van der Waals surface area (Å²) in [6.45, 7) is 5.46. The molecule has 0 radical (unpaired) electrons. The summed E-state index contributed by atoms with van der Waals surface area (Å²) in [6.07, 6.45) is 5.23. The van der Waals surface area contributed by atoms with E-state index in [1.54, 1.807) is 18.2 Å². The van der Waals surface area contributed by atoms with Gasteiger partial charge in [-0.15, -0.1) is 6.58 Å². The van der Waals surface area contributed by atoms with Gasteiger partial charge in [-0.25, -0.2) is 4.39 Å². The SMILES string of the molecule is C=CCN1C(=O)S/C(=C/c2ccc(N3CCCC3)c(F)c2)C1=O. The lowest BCUT2D eigenvalue weighted by molar-refractivity contribution is -0.122. The Morgan fingerprint density at radius 3 is 2.65 bits per heavy atom. The molecule has 6 heteroatoms. The number of anilines is 1. The van der Waals surface area contributed by atoms with E-state index < -0.39 is 0 Å². The molecule has 23 heavy (non-hydrogen) atoms. The third kappa shape index (κ3) is 3.17. The molecule has 0 bridgehead atoms. The molecule has 4 nitrogen and oxygen atoms in total. The van der Waals surface area contributed by atoms with E-state index in [9.17, 15) is 14.0 Å². The molecule has 0 aromatic heterocycles. The molecule has 0 atom stereocenters. The first-order valence-electron chi connectivity index (χ1n) is 7.51. The largest absolute Gasteiger partial charge is 0.369 e. The van der Waals surface area contributed by atoms with Crippen molar-refractivity contribution in [2.45, 2.75) is 12.8 Å². The van der Waals surface area contributed by atoms with Crippen molar-refractivity contribution in [3.8, 4) is 0 Å². The Morgan fingerprint density at radius 2 is 2.00 bits per heavy atom. The summed E-state index contributed by atoms with van der Waals surface area (Å²) in [5.41, 5.74) is 1.17. The molecule has 2 heterocycles. The second-order valence-electron chi connectivity index (χ2n) is 5.49. The first-order chi connectivity index (χ1) is 11.1. The summed E-state index contributed by atoms with van der Waals surface area (Å²) in [7, 11) is 0. The second kappa shape index (κ2) is 6.58. The second-order valence-corrected chi connectivity index (χ2v) is 6.48. The van der Waals surface area contributed by atoms with E-state index in [1.165, 1.54) is 12.1 Å². The number of carbonyl (C=O) groups excluding carboxylic acids is 2. The minimum Gasteiger partial charge on any atom is -0.369 e. The molecule has 1 aromatic carbocycles. The number of benzene rings is 1.